The molecule has 1 rings (SSSR count). The van der Waals surface area contributed by atoms with E-state index in [4.69, 9.17) is 11.0 Å². The van der Waals surface area contributed by atoms with Crippen LogP contribution in [0.4, 0.5) is 10.7 Å². The molecule has 14 heavy (non-hydrogen) atoms. The molecular weight excluding hydrogens is 194 g/mol. The van der Waals surface area contributed by atoms with E-state index in [2.05, 4.69) is 30.5 Å². The van der Waals surface area contributed by atoms with Gasteiger partial charge in [-0.15, -0.1) is 11.3 Å². The number of thiophene rings is 1. The quantitative estimate of drug-likeness (QED) is 0.746. The summed E-state index contributed by atoms with van der Waals surface area (Å²) in [6.45, 7) is 2.87. The largest absolute Gasteiger partial charge is 0.397 e. The first-order valence-corrected chi connectivity index (χ1v) is 5.27. The van der Waals surface area contributed by atoms with Crippen molar-refractivity contribution in [3.05, 3.63) is 23.1 Å². The van der Waals surface area contributed by atoms with E-state index in [0.717, 1.165) is 18.0 Å². The van der Waals surface area contributed by atoms with Crippen LogP contribution >= 0.6 is 11.3 Å². The normalized spacial score (nSPS) is 10.3. The molecule has 1 aromatic heterocycles. The Bertz CT molecular complexity index is 360. The Balaban J connectivity index is 2.52. The lowest BCUT2D eigenvalue weighted by atomic mass is 10.4. The highest BCUT2D eigenvalue weighted by Crippen LogP contribution is 2.27. The van der Waals surface area contributed by atoms with Gasteiger partial charge >= 0.3 is 0 Å². The summed E-state index contributed by atoms with van der Waals surface area (Å²) in [5, 5.41) is 12.8. The van der Waals surface area contributed by atoms with Crippen LogP contribution in [0.3, 0.4) is 0 Å². The van der Waals surface area contributed by atoms with Crippen LogP contribution in [-0.2, 0) is 0 Å². The second-order valence-corrected chi connectivity index (χ2v) is 3.82. The van der Waals surface area contributed by atoms with E-state index in [1.807, 2.05) is 0 Å². The Labute approximate surface area is 87.9 Å². The van der Waals surface area contributed by atoms with E-state index < -0.39 is 0 Å². The molecule has 3 N–H and O–H groups in total. The van der Waals surface area contributed by atoms with Gasteiger partial charge in [-0.25, -0.2) is 0 Å². The molecule has 0 saturated carbocycles. The summed E-state index contributed by atoms with van der Waals surface area (Å²) in [5.41, 5.74) is 6.17. The first-order chi connectivity index (χ1) is 6.77. The highest BCUT2D eigenvalue weighted by Gasteiger charge is 2.03. The van der Waals surface area contributed by atoms with Gasteiger partial charge in [0.2, 0.25) is 0 Å². The topological polar surface area (TPSA) is 61.8 Å². The van der Waals surface area contributed by atoms with E-state index in [-0.39, 0.29) is 0 Å². The zero-order valence-corrected chi connectivity index (χ0v) is 8.90. The average Bonchev–Trinajstić information content (AvgIpc) is 2.54. The summed E-state index contributed by atoms with van der Waals surface area (Å²) in [5.74, 6) is 0. The maximum absolute atomic E-state index is 8.68. The molecule has 0 saturated heterocycles. The minimum absolute atomic E-state index is 0.555. The number of nitrogens with two attached hydrogens (primary N) is 1. The number of nitrogen functional groups attached to an aromatic ring is 1. The molecule has 74 valence electrons. The van der Waals surface area contributed by atoms with Crippen molar-refractivity contribution in [3.63, 3.8) is 0 Å². The lowest BCUT2D eigenvalue weighted by Gasteiger charge is -1.96. The van der Waals surface area contributed by atoms with Gasteiger partial charge in [0.25, 0.3) is 0 Å². The van der Waals surface area contributed by atoms with Crippen molar-refractivity contribution in [3.8, 4) is 6.07 Å². The molecule has 0 amide bonds. The fraction of sp³-hybridized carbons (Fsp3) is 0.300. The van der Waals surface area contributed by atoms with Gasteiger partial charge in [0, 0.05) is 6.54 Å². The Morgan fingerprint density at radius 3 is 3.00 bits per heavy atom. The maximum atomic E-state index is 8.68. The van der Waals surface area contributed by atoms with Crippen molar-refractivity contribution in [2.24, 2.45) is 0 Å². The third-order valence-corrected chi connectivity index (χ3v) is 2.67. The first-order valence-electron chi connectivity index (χ1n) is 4.46. The molecule has 4 heteroatoms. The Kier molecular flexibility index (Phi) is 4.02. The highest BCUT2D eigenvalue weighted by molar-refractivity contribution is 7.17. The zero-order valence-electron chi connectivity index (χ0n) is 8.08. The van der Waals surface area contributed by atoms with E-state index >= 15 is 0 Å². The fourth-order valence-corrected chi connectivity index (χ4v) is 1.77. The lowest BCUT2D eigenvalue weighted by molar-refractivity contribution is 1.20. The zero-order chi connectivity index (χ0) is 10.4. The number of hydrogen-bond acceptors (Lipinski definition) is 4. The van der Waals surface area contributed by atoms with Gasteiger partial charge in [-0.1, -0.05) is 19.1 Å². The summed E-state index contributed by atoms with van der Waals surface area (Å²) in [4.78, 5) is 0.576. The van der Waals surface area contributed by atoms with E-state index in [1.165, 1.54) is 11.3 Å². The molecule has 0 unspecified atom stereocenters. The monoisotopic (exact) mass is 207 g/mol. The average molecular weight is 207 g/mol. The molecule has 0 radical (unpaired) electrons. The van der Waals surface area contributed by atoms with E-state index in [1.54, 1.807) is 6.07 Å². The number of nitriles is 1. The number of anilines is 2. The second-order valence-electron chi connectivity index (χ2n) is 2.77. The van der Waals surface area contributed by atoms with Crippen LogP contribution < -0.4 is 11.1 Å². The first kappa shape index (κ1) is 10.6. The number of hydrogen-bond donors (Lipinski definition) is 2. The minimum atomic E-state index is 0.555. The molecule has 0 aromatic carbocycles. The highest BCUT2D eigenvalue weighted by atomic mass is 32.1. The molecule has 0 spiro atoms. The van der Waals surface area contributed by atoms with Crippen molar-refractivity contribution in [1.29, 1.82) is 5.26 Å². The molecule has 1 heterocycles. The Morgan fingerprint density at radius 2 is 2.43 bits per heavy atom. The number of rotatable bonds is 4. The summed E-state index contributed by atoms with van der Waals surface area (Å²) in [6, 6.07) is 3.85. The third-order valence-electron chi connectivity index (χ3n) is 1.66. The van der Waals surface area contributed by atoms with Gasteiger partial charge in [-0.3, -0.25) is 0 Å². The van der Waals surface area contributed by atoms with Crippen molar-refractivity contribution in [1.82, 2.24) is 0 Å². The minimum Gasteiger partial charge on any atom is -0.397 e. The van der Waals surface area contributed by atoms with Crippen LogP contribution in [0.25, 0.3) is 0 Å². The summed E-state index contributed by atoms with van der Waals surface area (Å²) in [6.07, 6.45) is 5.19. The Morgan fingerprint density at radius 1 is 1.64 bits per heavy atom. The Hall–Kier alpha value is -1.47. The molecular formula is C10H13N3S. The smallest absolute Gasteiger partial charge is 0.129 e. The van der Waals surface area contributed by atoms with Crippen molar-refractivity contribution >= 4 is 22.0 Å². The molecule has 1 aromatic rings. The van der Waals surface area contributed by atoms with Crippen LogP contribution in [-0.4, -0.2) is 6.54 Å². The van der Waals surface area contributed by atoms with Crippen LogP contribution in [0.1, 0.15) is 18.2 Å². The predicted octanol–water partition coefficient (Wildman–Crippen LogP) is 2.58. The summed E-state index contributed by atoms with van der Waals surface area (Å²) >= 11 is 1.39. The van der Waals surface area contributed by atoms with Gasteiger partial charge in [0.15, 0.2) is 0 Å². The summed E-state index contributed by atoms with van der Waals surface area (Å²) < 4.78 is 0. The number of nitrogens with one attached hydrogen (secondary N) is 1. The third kappa shape index (κ3) is 2.79. The predicted molar refractivity (Wildman–Crippen MR) is 61.4 cm³/mol. The molecule has 0 bridgehead atoms. The van der Waals surface area contributed by atoms with Gasteiger partial charge in [0.1, 0.15) is 10.9 Å². The van der Waals surface area contributed by atoms with E-state index in [0.29, 0.717) is 10.6 Å². The van der Waals surface area contributed by atoms with Gasteiger partial charge in [-0.05, 0) is 12.5 Å². The number of nitrogens with zero attached hydrogens (tertiary/aromatic N) is 1. The van der Waals surface area contributed by atoms with Crippen LogP contribution in [0.2, 0.25) is 0 Å². The van der Waals surface area contributed by atoms with Crippen LogP contribution in [0.5, 0.6) is 0 Å². The van der Waals surface area contributed by atoms with E-state index in [9.17, 15) is 0 Å². The van der Waals surface area contributed by atoms with Crippen molar-refractivity contribution < 1.29 is 0 Å². The number of allylic oxidation sites excluding steroid dienone is 1. The maximum Gasteiger partial charge on any atom is 0.129 e. The standard InChI is InChI=1S/C10H13N3S/c1-2-3-4-5-13-10-6-8(12)9(7-11)14-10/h3-4,6,13H,2,5,12H2,1H3/b4-3+. The molecule has 0 aliphatic rings. The van der Waals surface area contributed by atoms with Gasteiger partial charge < -0.3 is 11.1 Å². The fourth-order valence-electron chi connectivity index (χ4n) is 0.989. The van der Waals surface area contributed by atoms with Gasteiger partial charge in [0.05, 0.1) is 10.7 Å². The molecule has 0 fully saturated rings. The van der Waals surface area contributed by atoms with Crippen molar-refractivity contribution in [2.45, 2.75) is 13.3 Å². The summed E-state index contributed by atoms with van der Waals surface area (Å²) in [7, 11) is 0. The van der Waals surface area contributed by atoms with Crippen LogP contribution in [0.15, 0.2) is 18.2 Å². The van der Waals surface area contributed by atoms with Gasteiger partial charge in [-0.2, -0.15) is 5.26 Å². The SMILES string of the molecule is CC/C=C/CNc1cc(N)c(C#N)s1. The van der Waals surface area contributed by atoms with Crippen LogP contribution in [0, 0.1) is 11.3 Å². The lowest BCUT2D eigenvalue weighted by Crippen LogP contribution is -1.95. The molecule has 0 aliphatic carbocycles. The second kappa shape index (κ2) is 5.30. The molecule has 3 nitrogen and oxygen atoms in total. The van der Waals surface area contributed by atoms with Crippen molar-refractivity contribution in [2.75, 3.05) is 17.6 Å². The molecule has 0 aliphatic heterocycles. The molecule has 0 atom stereocenters.